The molecular formula is C15H19ClN6O. The maximum absolute atomic E-state index is 11.9. The number of rotatable bonds is 3. The monoisotopic (exact) mass is 334 g/mol. The molecule has 0 saturated carbocycles. The Morgan fingerprint density at radius 2 is 1.70 bits per heavy atom. The van der Waals surface area contributed by atoms with Crippen molar-refractivity contribution >= 4 is 23.2 Å². The molecule has 0 aliphatic carbocycles. The summed E-state index contributed by atoms with van der Waals surface area (Å²) in [5, 5.41) is 4.27. The van der Waals surface area contributed by atoms with E-state index in [4.69, 9.17) is 11.6 Å². The van der Waals surface area contributed by atoms with Crippen molar-refractivity contribution < 1.29 is 0 Å². The van der Waals surface area contributed by atoms with E-state index in [2.05, 4.69) is 31.8 Å². The van der Waals surface area contributed by atoms with Crippen molar-refractivity contribution in [2.45, 2.75) is 13.3 Å². The van der Waals surface area contributed by atoms with Gasteiger partial charge in [0.1, 0.15) is 5.02 Å². The van der Waals surface area contributed by atoms with Gasteiger partial charge in [-0.05, 0) is 12.0 Å². The SMILES string of the molecule is CCc1cnc(N2CCN(c3cnn(C)c(=O)c3Cl)CC2)nc1. The molecule has 0 amide bonds. The zero-order valence-electron chi connectivity index (χ0n) is 13.2. The molecule has 2 aromatic rings. The molecule has 0 spiro atoms. The molecule has 1 aliphatic heterocycles. The van der Waals surface area contributed by atoms with Crippen LogP contribution in [0.5, 0.6) is 0 Å². The van der Waals surface area contributed by atoms with E-state index in [0.717, 1.165) is 44.1 Å². The zero-order valence-corrected chi connectivity index (χ0v) is 14.0. The minimum Gasteiger partial charge on any atom is -0.365 e. The molecule has 0 N–H and O–H groups in total. The predicted molar refractivity (Wildman–Crippen MR) is 90.3 cm³/mol. The molecule has 3 heterocycles. The van der Waals surface area contributed by atoms with Crippen LogP contribution in [0.1, 0.15) is 12.5 Å². The Kier molecular flexibility index (Phi) is 4.47. The highest BCUT2D eigenvalue weighted by Gasteiger charge is 2.22. The normalized spacial score (nSPS) is 15.1. The molecule has 8 heteroatoms. The summed E-state index contributed by atoms with van der Waals surface area (Å²) in [6.07, 6.45) is 6.32. The van der Waals surface area contributed by atoms with Crippen molar-refractivity contribution in [3.05, 3.63) is 39.5 Å². The van der Waals surface area contributed by atoms with Crippen LogP contribution in [0.2, 0.25) is 5.02 Å². The minimum absolute atomic E-state index is 0.222. The third-order valence-corrected chi connectivity index (χ3v) is 4.42. The number of hydrogen-bond acceptors (Lipinski definition) is 6. The van der Waals surface area contributed by atoms with E-state index in [1.165, 1.54) is 4.68 Å². The average Bonchev–Trinajstić information content (AvgIpc) is 2.60. The largest absolute Gasteiger partial charge is 0.365 e. The van der Waals surface area contributed by atoms with Gasteiger partial charge in [0.15, 0.2) is 0 Å². The fraction of sp³-hybridized carbons (Fsp3) is 0.467. The molecule has 0 atom stereocenters. The lowest BCUT2D eigenvalue weighted by atomic mass is 10.2. The van der Waals surface area contributed by atoms with Gasteiger partial charge >= 0.3 is 0 Å². The Balaban J connectivity index is 1.71. The van der Waals surface area contributed by atoms with E-state index in [1.54, 1.807) is 13.2 Å². The molecule has 23 heavy (non-hydrogen) atoms. The van der Waals surface area contributed by atoms with Crippen molar-refractivity contribution in [1.82, 2.24) is 19.7 Å². The van der Waals surface area contributed by atoms with E-state index >= 15 is 0 Å². The lowest BCUT2D eigenvalue weighted by molar-refractivity contribution is 0.631. The van der Waals surface area contributed by atoms with Crippen molar-refractivity contribution in [2.24, 2.45) is 7.05 Å². The van der Waals surface area contributed by atoms with E-state index < -0.39 is 0 Å². The van der Waals surface area contributed by atoms with Crippen molar-refractivity contribution in [3.8, 4) is 0 Å². The maximum atomic E-state index is 11.9. The van der Waals surface area contributed by atoms with Crippen LogP contribution >= 0.6 is 11.6 Å². The van der Waals surface area contributed by atoms with Gasteiger partial charge in [-0.25, -0.2) is 14.6 Å². The Labute approximate surface area is 139 Å². The van der Waals surface area contributed by atoms with Gasteiger partial charge in [-0.3, -0.25) is 4.79 Å². The molecular weight excluding hydrogens is 316 g/mol. The first-order valence-electron chi connectivity index (χ1n) is 7.62. The summed E-state index contributed by atoms with van der Waals surface area (Å²) in [5.74, 6) is 0.745. The molecule has 1 fully saturated rings. The molecule has 3 rings (SSSR count). The summed E-state index contributed by atoms with van der Waals surface area (Å²) in [5.41, 5.74) is 1.55. The number of nitrogens with zero attached hydrogens (tertiary/aromatic N) is 6. The number of hydrogen-bond donors (Lipinski definition) is 0. The predicted octanol–water partition coefficient (Wildman–Crippen LogP) is 1.11. The second-order valence-corrected chi connectivity index (χ2v) is 5.87. The number of anilines is 2. The summed E-state index contributed by atoms with van der Waals surface area (Å²) in [6.45, 7) is 5.12. The van der Waals surface area contributed by atoms with Crippen LogP contribution in [0.25, 0.3) is 0 Å². The number of piperazine rings is 1. The van der Waals surface area contributed by atoms with Gasteiger partial charge in [0, 0.05) is 45.6 Å². The second-order valence-electron chi connectivity index (χ2n) is 5.49. The van der Waals surface area contributed by atoms with Gasteiger partial charge in [-0.2, -0.15) is 5.10 Å². The topological polar surface area (TPSA) is 67.2 Å². The van der Waals surface area contributed by atoms with E-state index in [1.807, 2.05) is 12.4 Å². The van der Waals surface area contributed by atoms with Crippen molar-refractivity contribution in [1.29, 1.82) is 0 Å². The lowest BCUT2D eigenvalue weighted by Crippen LogP contribution is -2.47. The Morgan fingerprint density at radius 1 is 1.09 bits per heavy atom. The van der Waals surface area contributed by atoms with Gasteiger partial charge in [-0.1, -0.05) is 18.5 Å². The first-order valence-corrected chi connectivity index (χ1v) is 8.00. The van der Waals surface area contributed by atoms with E-state index in [9.17, 15) is 4.79 Å². The first-order chi connectivity index (χ1) is 11.1. The summed E-state index contributed by atoms with van der Waals surface area (Å²) in [6, 6.07) is 0. The molecule has 2 aromatic heterocycles. The van der Waals surface area contributed by atoms with Crippen LogP contribution < -0.4 is 15.4 Å². The summed E-state index contributed by atoms with van der Waals surface area (Å²) >= 11 is 6.17. The summed E-state index contributed by atoms with van der Waals surface area (Å²) in [4.78, 5) is 24.9. The highest BCUT2D eigenvalue weighted by molar-refractivity contribution is 6.33. The average molecular weight is 335 g/mol. The molecule has 7 nitrogen and oxygen atoms in total. The van der Waals surface area contributed by atoms with Gasteiger partial charge in [0.2, 0.25) is 5.95 Å². The molecule has 0 unspecified atom stereocenters. The van der Waals surface area contributed by atoms with Crippen LogP contribution in [-0.4, -0.2) is 45.9 Å². The Bertz CT molecular complexity index is 737. The van der Waals surface area contributed by atoms with Gasteiger partial charge < -0.3 is 9.80 Å². The van der Waals surface area contributed by atoms with Crippen LogP contribution in [-0.2, 0) is 13.5 Å². The molecule has 0 bridgehead atoms. The lowest BCUT2D eigenvalue weighted by Gasteiger charge is -2.36. The van der Waals surface area contributed by atoms with E-state index in [-0.39, 0.29) is 10.6 Å². The smallest absolute Gasteiger partial charge is 0.287 e. The van der Waals surface area contributed by atoms with Crippen LogP contribution in [0.15, 0.2) is 23.4 Å². The zero-order chi connectivity index (χ0) is 16.4. The van der Waals surface area contributed by atoms with Gasteiger partial charge in [0.05, 0.1) is 11.9 Å². The number of aryl methyl sites for hydroxylation is 2. The van der Waals surface area contributed by atoms with Gasteiger partial charge in [0.25, 0.3) is 5.56 Å². The first kappa shape index (κ1) is 15.7. The highest BCUT2D eigenvalue weighted by Crippen LogP contribution is 2.23. The van der Waals surface area contributed by atoms with Crippen LogP contribution in [0.3, 0.4) is 0 Å². The Hall–Kier alpha value is -2.15. The van der Waals surface area contributed by atoms with Crippen molar-refractivity contribution in [2.75, 3.05) is 36.0 Å². The molecule has 122 valence electrons. The Morgan fingerprint density at radius 3 is 2.30 bits per heavy atom. The van der Waals surface area contributed by atoms with E-state index in [0.29, 0.717) is 5.69 Å². The van der Waals surface area contributed by atoms with Crippen LogP contribution in [0, 0.1) is 0 Å². The molecule has 0 radical (unpaired) electrons. The third kappa shape index (κ3) is 3.14. The molecule has 1 saturated heterocycles. The quantitative estimate of drug-likeness (QED) is 0.837. The number of aromatic nitrogens is 4. The standard InChI is InChI=1S/C15H19ClN6O/c1-3-11-8-17-15(18-9-11)22-6-4-21(5-7-22)12-10-19-20(2)14(23)13(12)16/h8-10H,3-7H2,1-2H3. The molecule has 0 aromatic carbocycles. The minimum atomic E-state index is -0.273. The molecule has 1 aliphatic rings. The fourth-order valence-electron chi connectivity index (χ4n) is 2.56. The second kappa shape index (κ2) is 6.54. The summed E-state index contributed by atoms with van der Waals surface area (Å²) < 4.78 is 1.24. The highest BCUT2D eigenvalue weighted by atomic mass is 35.5. The summed E-state index contributed by atoms with van der Waals surface area (Å²) in [7, 11) is 1.59. The maximum Gasteiger partial charge on any atom is 0.287 e. The fourth-order valence-corrected chi connectivity index (χ4v) is 2.85. The number of halogens is 1. The van der Waals surface area contributed by atoms with Crippen LogP contribution in [0.4, 0.5) is 11.6 Å². The van der Waals surface area contributed by atoms with Gasteiger partial charge in [-0.15, -0.1) is 0 Å². The third-order valence-electron chi connectivity index (χ3n) is 4.06. The van der Waals surface area contributed by atoms with Crippen molar-refractivity contribution in [3.63, 3.8) is 0 Å².